The zero-order chi connectivity index (χ0) is 14.0. The zero-order valence-electron chi connectivity index (χ0n) is 10.9. The van der Waals surface area contributed by atoms with E-state index in [2.05, 4.69) is 5.32 Å². The summed E-state index contributed by atoms with van der Waals surface area (Å²) >= 11 is 0. The van der Waals surface area contributed by atoms with E-state index in [-0.39, 0.29) is 13.2 Å². The Balaban J connectivity index is 2.53. The van der Waals surface area contributed by atoms with E-state index in [9.17, 15) is 13.2 Å². The largest absolute Gasteiger partial charge is 0.444 e. The third-order valence-electron chi connectivity index (χ3n) is 2.03. The first-order chi connectivity index (χ1) is 8.07. The molecule has 0 radical (unpaired) electrons. The van der Waals surface area contributed by atoms with E-state index in [4.69, 9.17) is 13.7 Å². The first-order valence-corrected chi connectivity index (χ1v) is 7.34. The first-order valence-electron chi connectivity index (χ1n) is 5.52. The number of hydrogen-bond donors (Lipinski definition) is 1. The average molecular weight is 281 g/mol. The van der Waals surface area contributed by atoms with E-state index in [1.807, 2.05) is 0 Å². The second-order valence-corrected chi connectivity index (χ2v) is 6.73. The number of rotatable bonds is 3. The van der Waals surface area contributed by atoms with E-state index in [0.717, 1.165) is 6.26 Å². The number of alkyl carbamates (subject to hydrolysis) is 1. The first kappa shape index (κ1) is 15.2. The minimum atomic E-state index is -3.58. The summed E-state index contributed by atoms with van der Waals surface area (Å²) in [6, 6.07) is -0.533. The molecule has 8 heteroatoms. The van der Waals surface area contributed by atoms with Gasteiger partial charge < -0.3 is 14.8 Å². The molecule has 2 atom stereocenters. The smallest absolute Gasteiger partial charge is 0.408 e. The van der Waals surface area contributed by atoms with Crippen LogP contribution in [0.25, 0.3) is 0 Å². The van der Waals surface area contributed by atoms with Gasteiger partial charge in [0.05, 0.1) is 25.5 Å². The van der Waals surface area contributed by atoms with E-state index in [0.29, 0.717) is 0 Å². The lowest BCUT2D eigenvalue weighted by Crippen LogP contribution is -2.46. The molecule has 0 aromatic rings. The fraction of sp³-hybridized carbons (Fsp3) is 0.900. The van der Waals surface area contributed by atoms with Crippen LogP contribution in [0.15, 0.2) is 0 Å². The highest BCUT2D eigenvalue weighted by molar-refractivity contribution is 7.86. The molecule has 0 unspecified atom stereocenters. The molecule has 1 rings (SSSR count). The summed E-state index contributed by atoms with van der Waals surface area (Å²) in [5.41, 5.74) is -0.614. The number of carbonyl (C=O) groups is 1. The standard InChI is InChI=1S/C10H19NO6S/c1-10(2,3)16-9(12)11-7-5-15-6-8(7)17-18(4,13)14/h7-8H,5-6H2,1-4H3,(H,11,12)/t7-,8+/m1/s1. The molecule has 1 amide bonds. The summed E-state index contributed by atoms with van der Waals surface area (Å²) in [6.07, 6.45) is -0.386. The predicted molar refractivity (Wildman–Crippen MR) is 63.7 cm³/mol. The van der Waals surface area contributed by atoms with Gasteiger partial charge >= 0.3 is 6.09 Å². The predicted octanol–water partition coefficient (Wildman–Crippen LogP) is 0.255. The third kappa shape index (κ3) is 5.65. The van der Waals surface area contributed by atoms with E-state index < -0.39 is 34.0 Å². The van der Waals surface area contributed by atoms with Crippen molar-refractivity contribution >= 4 is 16.2 Å². The fourth-order valence-corrected chi connectivity index (χ4v) is 2.09. The summed E-state index contributed by atoms with van der Waals surface area (Å²) in [5.74, 6) is 0. The zero-order valence-corrected chi connectivity index (χ0v) is 11.7. The van der Waals surface area contributed by atoms with Gasteiger partial charge in [0.25, 0.3) is 10.1 Å². The van der Waals surface area contributed by atoms with Gasteiger partial charge in [-0.15, -0.1) is 0 Å². The van der Waals surface area contributed by atoms with Gasteiger partial charge in [-0.25, -0.2) is 4.79 Å². The molecule has 1 N–H and O–H groups in total. The lowest BCUT2D eigenvalue weighted by atomic mass is 10.2. The van der Waals surface area contributed by atoms with Crippen LogP contribution < -0.4 is 5.32 Å². The topological polar surface area (TPSA) is 90.9 Å². The van der Waals surface area contributed by atoms with Gasteiger partial charge in [-0.3, -0.25) is 4.18 Å². The molecule has 0 aromatic carbocycles. The van der Waals surface area contributed by atoms with Crippen molar-refractivity contribution in [3.8, 4) is 0 Å². The highest BCUT2D eigenvalue weighted by Crippen LogP contribution is 2.13. The Kier molecular flexibility index (Phi) is 4.57. The van der Waals surface area contributed by atoms with Crippen LogP contribution >= 0.6 is 0 Å². The van der Waals surface area contributed by atoms with E-state index in [1.165, 1.54) is 0 Å². The number of amides is 1. The SMILES string of the molecule is CC(C)(C)OC(=O)N[C@@H]1COC[C@@H]1OS(C)(=O)=O. The molecule has 106 valence electrons. The molecule has 1 heterocycles. The Bertz CT molecular complexity index is 399. The molecular weight excluding hydrogens is 262 g/mol. The average Bonchev–Trinajstić information content (AvgIpc) is 2.45. The summed E-state index contributed by atoms with van der Waals surface area (Å²) < 4.78 is 37.0. The van der Waals surface area contributed by atoms with E-state index in [1.54, 1.807) is 20.8 Å². The van der Waals surface area contributed by atoms with Gasteiger partial charge in [-0.05, 0) is 20.8 Å². The quantitative estimate of drug-likeness (QED) is 0.746. The Morgan fingerprint density at radius 3 is 2.44 bits per heavy atom. The second-order valence-electron chi connectivity index (χ2n) is 5.13. The van der Waals surface area contributed by atoms with Gasteiger partial charge in [-0.2, -0.15) is 8.42 Å². The summed E-state index contributed by atoms with van der Waals surface area (Å²) in [7, 11) is -3.58. The van der Waals surface area contributed by atoms with Crippen molar-refractivity contribution in [1.82, 2.24) is 5.32 Å². The minimum absolute atomic E-state index is 0.119. The maximum absolute atomic E-state index is 11.5. The van der Waals surface area contributed by atoms with Crippen molar-refractivity contribution in [1.29, 1.82) is 0 Å². The van der Waals surface area contributed by atoms with Crippen molar-refractivity contribution in [3.05, 3.63) is 0 Å². The van der Waals surface area contributed by atoms with Crippen LogP contribution in [-0.2, 0) is 23.8 Å². The lowest BCUT2D eigenvalue weighted by molar-refractivity contribution is 0.0473. The number of carbonyl (C=O) groups excluding carboxylic acids is 1. The maximum Gasteiger partial charge on any atom is 0.408 e. The Morgan fingerprint density at radius 1 is 1.33 bits per heavy atom. The summed E-state index contributed by atoms with van der Waals surface area (Å²) in [6.45, 7) is 5.53. The molecule has 0 bridgehead atoms. The van der Waals surface area contributed by atoms with Crippen LogP contribution in [0.1, 0.15) is 20.8 Å². The molecule has 18 heavy (non-hydrogen) atoms. The highest BCUT2D eigenvalue weighted by atomic mass is 32.2. The van der Waals surface area contributed by atoms with Crippen LogP contribution in [0.2, 0.25) is 0 Å². The molecule has 1 saturated heterocycles. The molecule has 0 saturated carbocycles. The third-order valence-corrected chi connectivity index (χ3v) is 2.63. The van der Waals surface area contributed by atoms with Crippen molar-refractivity contribution in [2.75, 3.05) is 19.5 Å². The lowest BCUT2D eigenvalue weighted by Gasteiger charge is -2.23. The van der Waals surface area contributed by atoms with Crippen LogP contribution in [-0.4, -0.2) is 51.7 Å². The molecule has 0 spiro atoms. The second kappa shape index (κ2) is 5.41. The molecular formula is C10H19NO6S. The Morgan fingerprint density at radius 2 is 1.94 bits per heavy atom. The number of hydrogen-bond acceptors (Lipinski definition) is 6. The molecule has 7 nitrogen and oxygen atoms in total. The Labute approximate surface area is 107 Å². The minimum Gasteiger partial charge on any atom is -0.444 e. The van der Waals surface area contributed by atoms with Crippen LogP contribution in [0, 0.1) is 0 Å². The van der Waals surface area contributed by atoms with Crippen LogP contribution in [0.4, 0.5) is 4.79 Å². The number of nitrogens with one attached hydrogen (secondary N) is 1. The number of ether oxygens (including phenoxy) is 2. The van der Waals surface area contributed by atoms with Gasteiger partial charge in [0.2, 0.25) is 0 Å². The van der Waals surface area contributed by atoms with Crippen LogP contribution in [0.3, 0.4) is 0 Å². The maximum atomic E-state index is 11.5. The van der Waals surface area contributed by atoms with E-state index >= 15 is 0 Å². The van der Waals surface area contributed by atoms with Gasteiger partial charge in [0.1, 0.15) is 11.7 Å². The normalized spacial score (nSPS) is 24.9. The molecule has 1 fully saturated rings. The summed E-state index contributed by atoms with van der Waals surface area (Å²) in [5, 5.41) is 2.53. The Hall–Kier alpha value is -0.860. The van der Waals surface area contributed by atoms with Crippen molar-refractivity contribution in [2.45, 2.75) is 38.5 Å². The van der Waals surface area contributed by atoms with Crippen LogP contribution in [0.5, 0.6) is 0 Å². The summed E-state index contributed by atoms with van der Waals surface area (Å²) in [4.78, 5) is 11.5. The highest BCUT2D eigenvalue weighted by Gasteiger charge is 2.34. The molecule has 1 aliphatic rings. The molecule has 1 aliphatic heterocycles. The van der Waals surface area contributed by atoms with Gasteiger partial charge in [-0.1, -0.05) is 0 Å². The van der Waals surface area contributed by atoms with Crippen molar-refractivity contribution in [3.63, 3.8) is 0 Å². The monoisotopic (exact) mass is 281 g/mol. The van der Waals surface area contributed by atoms with Crippen molar-refractivity contribution < 1.29 is 26.9 Å². The molecule has 0 aliphatic carbocycles. The van der Waals surface area contributed by atoms with Crippen molar-refractivity contribution in [2.24, 2.45) is 0 Å². The van der Waals surface area contributed by atoms with Gasteiger partial charge in [0, 0.05) is 0 Å². The molecule has 0 aromatic heterocycles. The fourth-order valence-electron chi connectivity index (χ4n) is 1.45. The van der Waals surface area contributed by atoms with Gasteiger partial charge in [0.15, 0.2) is 0 Å².